The fourth-order valence-corrected chi connectivity index (χ4v) is 5.46. The zero-order chi connectivity index (χ0) is 23.6. The molecule has 0 N–H and O–H groups in total. The third kappa shape index (κ3) is 2.64. The van der Waals surface area contributed by atoms with E-state index in [0.717, 1.165) is 72.4 Å². The van der Waals surface area contributed by atoms with Crippen LogP contribution in [0.1, 0.15) is 0 Å². The molecule has 0 amide bonds. The van der Waals surface area contributed by atoms with Crippen molar-refractivity contribution in [2.24, 2.45) is 0 Å². The van der Waals surface area contributed by atoms with Gasteiger partial charge in [0.15, 0.2) is 11.5 Å². The van der Waals surface area contributed by atoms with Gasteiger partial charge < -0.3 is 4.74 Å². The zero-order valence-corrected chi connectivity index (χ0v) is 19.2. The summed E-state index contributed by atoms with van der Waals surface area (Å²) in [7, 11) is 0. The van der Waals surface area contributed by atoms with Crippen LogP contribution in [-0.2, 0) is 0 Å². The van der Waals surface area contributed by atoms with E-state index in [0.29, 0.717) is 0 Å². The van der Waals surface area contributed by atoms with Crippen molar-refractivity contribution < 1.29 is 4.74 Å². The van der Waals surface area contributed by atoms with Gasteiger partial charge >= 0.3 is 0 Å². The zero-order valence-electron chi connectivity index (χ0n) is 19.2. The van der Waals surface area contributed by atoms with Crippen molar-refractivity contribution in [3.8, 4) is 39.7 Å². The topological polar surface area (TPSA) is 39.9 Å². The minimum absolute atomic E-state index is 0.811. The quantitative estimate of drug-likeness (QED) is 0.244. The highest BCUT2D eigenvalue weighted by atomic mass is 16.5. The van der Waals surface area contributed by atoms with E-state index in [1.165, 1.54) is 0 Å². The van der Waals surface area contributed by atoms with Crippen molar-refractivity contribution in [3.63, 3.8) is 0 Å². The van der Waals surface area contributed by atoms with Crippen LogP contribution in [-0.4, -0.2) is 14.5 Å². The van der Waals surface area contributed by atoms with Crippen molar-refractivity contribution in [2.45, 2.75) is 0 Å². The minimum atomic E-state index is 0.811. The summed E-state index contributed by atoms with van der Waals surface area (Å²) in [6, 6.07) is 37.6. The van der Waals surface area contributed by atoms with E-state index in [9.17, 15) is 0 Å². The van der Waals surface area contributed by atoms with E-state index >= 15 is 0 Å². The Hall–Kier alpha value is -4.96. The average molecular weight is 462 g/mol. The molecule has 4 nitrogen and oxygen atoms in total. The Balaban J connectivity index is 1.47. The molecule has 36 heavy (non-hydrogen) atoms. The highest BCUT2D eigenvalue weighted by molar-refractivity contribution is 6.12. The van der Waals surface area contributed by atoms with Gasteiger partial charge in [-0.2, -0.15) is 0 Å². The number of fused-ring (bicyclic) bond motifs is 5. The molecule has 0 aliphatic carbocycles. The van der Waals surface area contributed by atoms with Crippen LogP contribution in [0.5, 0.6) is 11.5 Å². The molecule has 0 spiro atoms. The molecule has 0 saturated heterocycles. The Kier molecular flexibility index (Phi) is 3.91. The summed E-state index contributed by atoms with van der Waals surface area (Å²) in [6.45, 7) is 0. The van der Waals surface area contributed by atoms with Crippen molar-refractivity contribution in [1.82, 2.24) is 14.5 Å². The smallest absolute Gasteiger partial charge is 0.159 e. The van der Waals surface area contributed by atoms with Crippen LogP contribution >= 0.6 is 0 Å². The summed E-state index contributed by atoms with van der Waals surface area (Å²) >= 11 is 0. The Morgan fingerprint density at radius 1 is 0.667 bits per heavy atom. The molecule has 8 rings (SSSR count). The largest absolute Gasteiger partial charge is 0.452 e. The summed E-state index contributed by atoms with van der Waals surface area (Å²) in [6.07, 6.45) is 1.86. The van der Waals surface area contributed by atoms with Crippen LogP contribution in [0.15, 0.2) is 115 Å². The van der Waals surface area contributed by atoms with E-state index in [1.54, 1.807) is 0 Å². The maximum absolute atomic E-state index is 6.66. The number of ether oxygens (including phenoxy) is 1. The first-order valence-corrected chi connectivity index (χ1v) is 12.0. The van der Waals surface area contributed by atoms with Crippen LogP contribution < -0.4 is 4.74 Å². The predicted molar refractivity (Wildman–Crippen MR) is 145 cm³/mol. The summed E-state index contributed by atoms with van der Waals surface area (Å²) in [5.41, 5.74) is 7.09. The molecule has 5 aromatic carbocycles. The summed E-state index contributed by atoms with van der Waals surface area (Å²) in [5, 5.41) is 3.41. The third-order valence-electron chi connectivity index (χ3n) is 7.02. The van der Waals surface area contributed by atoms with E-state index in [-0.39, 0.29) is 0 Å². The van der Waals surface area contributed by atoms with Gasteiger partial charge in [0.25, 0.3) is 0 Å². The lowest BCUT2D eigenvalue weighted by Crippen LogP contribution is -2.07. The van der Waals surface area contributed by atoms with Gasteiger partial charge in [-0.25, -0.2) is 4.98 Å². The SMILES string of the molecule is c1ccc(-c2nc3cccc4c3n2-c2cccc(-c3cc5ccccc5c5ncccc35)c2O4)cc1. The molecule has 1 aliphatic rings. The summed E-state index contributed by atoms with van der Waals surface area (Å²) in [5.74, 6) is 2.54. The van der Waals surface area contributed by atoms with Crippen LogP contribution in [0.25, 0.3) is 60.9 Å². The number of pyridine rings is 1. The van der Waals surface area contributed by atoms with Gasteiger partial charge in [-0.1, -0.05) is 78.9 Å². The fraction of sp³-hybridized carbons (Fsp3) is 0. The Bertz CT molecular complexity index is 1970. The van der Waals surface area contributed by atoms with E-state index < -0.39 is 0 Å². The molecule has 0 fully saturated rings. The van der Waals surface area contributed by atoms with Crippen molar-refractivity contribution in [2.75, 3.05) is 0 Å². The van der Waals surface area contributed by atoms with Crippen LogP contribution in [0.4, 0.5) is 0 Å². The lowest BCUT2D eigenvalue weighted by Gasteiger charge is -2.24. The van der Waals surface area contributed by atoms with Crippen LogP contribution in [0.3, 0.4) is 0 Å². The lowest BCUT2D eigenvalue weighted by atomic mass is 9.94. The molecule has 0 saturated carbocycles. The number of benzene rings is 5. The highest BCUT2D eigenvalue weighted by Gasteiger charge is 2.27. The van der Waals surface area contributed by atoms with Gasteiger partial charge in [0.2, 0.25) is 0 Å². The maximum atomic E-state index is 6.66. The number of rotatable bonds is 2. The monoisotopic (exact) mass is 461 g/mol. The molecule has 2 aromatic heterocycles. The first-order chi connectivity index (χ1) is 17.9. The van der Waals surface area contributed by atoms with E-state index in [2.05, 4.69) is 71.3 Å². The van der Waals surface area contributed by atoms with E-state index in [1.807, 2.05) is 48.7 Å². The fourth-order valence-electron chi connectivity index (χ4n) is 5.46. The third-order valence-corrected chi connectivity index (χ3v) is 7.02. The van der Waals surface area contributed by atoms with Crippen molar-refractivity contribution >= 4 is 32.7 Å². The number of aromatic nitrogens is 3. The Morgan fingerprint density at radius 2 is 1.50 bits per heavy atom. The van der Waals surface area contributed by atoms with Crippen molar-refractivity contribution in [1.29, 1.82) is 0 Å². The normalized spacial score (nSPS) is 12.1. The van der Waals surface area contributed by atoms with Crippen molar-refractivity contribution in [3.05, 3.63) is 115 Å². The second kappa shape index (κ2) is 7.27. The molecule has 168 valence electrons. The van der Waals surface area contributed by atoms with Crippen LogP contribution in [0, 0.1) is 0 Å². The molecule has 0 bridgehead atoms. The number of hydrogen-bond acceptors (Lipinski definition) is 3. The Labute approximate surface area is 207 Å². The lowest BCUT2D eigenvalue weighted by molar-refractivity contribution is 0.477. The first-order valence-electron chi connectivity index (χ1n) is 12.0. The van der Waals surface area contributed by atoms with Gasteiger partial charge in [0.05, 0.1) is 16.7 Å². The summed E-state index contributed by atoms with van der Waals surface area (Å²) in [4.78, 5) is 9.78. The average Bonchev–Trinajstić information content (AvgIpc) is 3.34. The molecule has 0 radical (unpaired) electrons. The Morgan fingerprint density at radius 3 is 2.44 bits per heavy atom. The molecule has 1 aliphatic heterocycles. The number of nitrogens with zero attached hydrogens (tertiary/aromatic N) is 3. The van der Waals surface area contributed by atoms with Gasteiger partial charge in [-0.05, 0) is 41.3 Å². The number of para-hydroxylation sites is 2. The molecule has 0 unspecified atom stereocenters. The standard InChI is InChI=1S/C32H19N3O/c1-2-9-20(10-3-1)32-34-26-15-7-17-28-30(26)35(32)27-16-6-13-24(31(27)36-28)25-19-21-11-4-5-12-22(21)29-23(25)14-8-18-33-29/h1-19H. The molecular formula is C32H19N3O. The number of imidazole rings is 1. The molecule has 7 aromatic rings. The number of hydrogen-bond donors (Lipinski definition) is 0. The van der Waals surface area contributed by atoms with E-state index in [4.69, 9.17) is 14.7 Å². The van der Waals surface area contributed by atoms with Gasteiger partial charge in [-0.3, -0.25) is 9.55 Å². The summed E-state index contributed by atoms with van der Waals surface area (Å²) < 4.78 is 8.90. The minimum Gasteiger partial charge on any atom is -0.452 e. The highest BCUT2D eigenvalue weighted by Crippen LogP contribution is 2.48. The molecular weight excluding hydrogens is 442 g/mol. The second-order valence-corrected chi connectivity index (χ2v) is 9.06. The van der Waals surface area contributed by atoms with Crippen LogP contribution in [0.2, 0.25) is 0 Å². The first kappa shape index (κ1) is 19.4. The predicted octanol–water partition coefficient (Wildman–Crippen LogP) is 8.17. The molecule has 4 heteroatoms. The molecule has 3 heterocycles. The van der Waals surface area contributed by atoms with Gasteiger partial charge in [0.1, 0.15) is 11.3 Å². The van der Waals surface area contributed by atoms with Gasteiger partial charge in [-0.15, -0.1) is 0 Å². The second-order valence-electron chi connectivity index (χ2n) is 9.06. The maximum Gasteiger partial charge on any atom is 0.159 e. The van der Waals surface area contributed by atoms with Gasteiger partial charge in [0, 0.05) is 28.1 Å². The molecule has 0 atom stereocenters.